The van der Waals surface area contributed by atoms with E-state index in [0.717, 1.165) is 0 Å². The molecular weight excluding hydrogens is 297 g/mol. The number of nitrogens with two attached hydrogens (primary N) is 1. The van der Waals surface area contributed by atoms with Gasteiger partial charge in [0.1, 0.15) is 11.4 Å². The van der Waals surface area contributed by atoms with Crippen molar-refractivity contribution in [1.82, 2.24) is 9.80 Å². The third-order valence-electron chi connectivity index (χ3n) is 3.81. The number of piperazine rings is 1. The monoisotopic (exact) mass is 323 g/mol. The Hall–Kier alpha value is -1.82. The highest BCUT2D eigenvalue weighted by molar-refractivity contribution is 5.68. The van der Waals surface area contributed by atoms with Gasteiger partial charge in [0.15, 0.2) is 0 Å². The van der Waals surface area contributed by atoms with Gasteiger partial charge in [-0.05, 0) is 39.8 Å². The van der Waals surface area contributed by atoms with Crippen molar-refractivity contribution in [3.63, 3.8) is 0 Å². The predicted octanol–water partition coefficient (Wildman–Crippen LogP) is 2.85. The van der Waals surface area contributed by atoms with Crippen LogP contribution in [0.4, 0.5) is 14.9 Å². The molecule has 1 saturated heterocycles. The lowest BCUT2D eigenvalue weighted by molar-refractivity contribution is 0.000441. The molecule has 0 radical (unpaired) electrons. The maximum atomic E-state index is 13.9. The Bertz CT molecular complexity index is 571. The largest absolute Gasteiger partial charge is 0.444 e. The van der Waals surface area contributed by atoms with Crippen molar-refractivity contribution in [2.24, 2.45) is 0 Å². The summed E-state index contributed by atoms with van der Waals surface area (Å²) in [6, 6.07) is 4.79. The van der Waals surface area contributed by atoms with Crippen LogP contribution >= 0.6 is 0 Å². The molecule has 128 valence electrons. The summed E-state index contributed by atoms with van der Waals surface area (Å²) >= 11 is 0. The van der Waals surface area contributed by atoms with E-state index in [0.29, 0.717) is 37.4 Å². The van der Waals surface area contributed by atoms with Crippen molar-refractivity contribution in [2.75, 3.05) is 25.4 Å². The van der Waals surface area contributed by atoms with Crippen molar-refractivity contribution >= 4 is 11.8 Å². The minimum Gasteiger partial charge on any atom is -0.444 e. The second-order valence-corrected chi connectivity index (χ2v) is 7.11. The van der Waals surface area contributed by atoms with E-state index >= 15 is 0 Å². The van der Waals surface area contributed by atoms with Crippen LogP contribution < -0.4 is 5.73 Å². The topological polar surface area (TPSA) is 58.8 Å². The van der Waals surface area contributed by atoms with Gasteiger partial charge in [-0.15, -0.1) is 0 Å². The van der Waals surface area contributed by atoms with Crippen LogP contribution in [-0.4, -0.2) is 47.2 Å². The van der Waals surface area contributed by atoms with E-state index < -0.39 is 5.60 Å². The number of rotatable bonds is 2. The fraction of sp³-hybridized carbons (Fsp3) is 0.588. The number of amides is 1. The Morgan fingerprint density at radius 1 is 1.39 bits per heavy atom. The molecule has 6 heteroatoms. The minimum absolute atomic E-state index is 0.0236. The molecule has 2 N–H and O–H groups in total. The summed E-state index contributed by atoms with van der Waals surface area (Å²) in [5.41, 5.74) is 6.12. The molecule has 1 aliphatic rings. The first-order valence-electron chi connectivity index (χ1n) is 7.91. The van der Waals surface area contributed by atoms with Gasteiger partial charge >= 0.3 is 6.09 Å². The van der Waals surface area contributed by atoms with E-state index in [1.54, 1.807) is 17.0 Å². The van der Waals surface area contributed by atoms with Crippen molar-refractivity contribution < 1.29 is 13.9 Å². The van der Waals surface area contributed by atoms with Gasteiger partial charge in [-0.3, -0.25) is 4.90 Å². The van der Waals surface area contributed by atoms with Gasteiger partial charge < -0.3 is 15.4 Å². The third kappa shape index (κ3) is 4.82. The van der Waals surface area contributed by atoms with Crippen molar-refractivity contribution in [3.05, 3.63) is 29.6 Å². The lowest BCUT2D eigenvalue weighted by atomic mass is 10.1. The number of anilines is 1. The molecule has 1 heterocycles. The van der Waals surface area contributed by atoms with Gasteiger partial charge in [0, 0.05) is 43.5 Å². The zero-order chi connectivity index (χ0) is 17.2. The average molecular weight is 323 g/mol. The van der Waals surface area contributed by atoms with E-state index in [1.165, 1.54) is 6.07 Å². The van der Waals surface area contributed by atoms with Crippen molar-refractivity contribution in [2.45, 2.75) is 45.9 Å². The molecule has 0 aromatic heterocycles. The summed E-state index contributed by atoms with van der Waals surface area (Å²) in [5, 5.41) is 0. The van der Waals surface area contributed by atoms with E-state index in [9.17, 15) is 9.18 Å². The van der Waals surface area contributed by atoms with Crippen LogP contribution in [0, 0.1) is 5.82 Å². The van der Waals surface area contributed by atoms with Crippen LogP contribution in [0.3, 0.4) is 0 Å². The van der Waals surface area contributed by atoms with Crippen LogP contribution in [0.25, 0.3) is 0 Å². The summed E-state index contributed by atoms with van der Waals surface area (Å²) in [7, 11) is 0. The van der Waals surface area contributed by atoms with Crippen LogP contribution in [0.1, 0.15) is 33.3 Å². The second kappa shape index (κ2) is 6.74. The van der Waals surface area contributed by atoms with Gasteiger partial charge in [0.05, 0.1) is 0 Å². The number of nitrogen functional groups attached to an aromatic ring is 1. The first-order valence-corrected chi connectivity index (χ1v) is 7.91. The number of carbonyl (C=O) groups excluding carboxylic acids is 1. The molecule has 0 spiro atoms. The van der Waals surface area contributed by atoms with E-state index in [2.05, 4.69) is 4.90 Å². The molecule has 0 aliphatic carbocycles. The molecule has 2 rings (SSSR count). The van der Waals surface area contributed by atoms with Crippen LogP contribution in [0.5, 0.6) is 0 Å². The Labute approximate surface area is 137 Å². The van der Waals surface area contributed by atoms with Crippen molar-refractivity contribution in [1.29, 1.82) is 0 Å². The van der Waals surface area contributed by atoms with Crippen LogP contribution in [0.15, 0.2) is 18.2 Å². The van der Waals surface area contributed by atoms with Gasteiger partial charge in [0.2, 0.25) is 0 Å². The van der Waals surface area contributed by atoms with Gasteiger partial charge in [0.25, 0.3) is 0 Å². The molecule has 1 atom stereocenters. The molecular formula is C17H26FN3O2. The number of nitrogens with zero attached hydrogens (tertiary/aromatic N) is 2. The normalized spacial score (nSPS) is 19.7. The summed E-state index contributed by atoms with van der Waals surface area (Å²) < 4.78 is 19.3. The van der Waals surface area contributed by atoms with Crippen LogP contribution in [-0.2, 0) is 11.3 Å². The number of hydrogen-bond acceptors (Lipinski definition) is 4. The van der Waals surface area contributed by atoms with Crippen molar-refractivity contribution in [3.8, 4) is 0 Å². The molecule has 1 fully saturated rings. The highest BCUT2D eigenvalue weighted by Gasteiger charge is 2.30. The molecule has 1 aromatic carbocycles. The van der Waals surface area contributed by atoms with E-state index in [4.69, 9.17) is 10.5 Å². The first kappa shape index (κ1) is 17.5. The average Bonchev–Trinajstić information content (AvgIpc) is 2.40. The summed E-state index contributed by atoms with van der Waals surface area (Å²) in [6.45, 7) is 10.0. The third-order valence-corrected chi connectivity index (χ3v) is 3.81. The molecule has 0 saturated carbocycles. The number of ether oxygens (including phenoxy) is 1. The minimum atomic E-state index is -0.499. The summed E-state index contributed by atoms with van der Waals surface area (Å²) in [4.78, 5) is 16.1. The number of halogens is 1. The quantitative estimate of drug-likeness (QED) is 0.850. The predicted molar refractivity (Wildman–Crippen MR) is 88.5 cm³/mol. The summed E-state index contributed by atoms with van der Waals surface area (Å²) in [6.07, 6.45) is -0.289. The Kier molecular flexibility index (Phi) is 5.14. The summed E-state index contributed by atoms with van der Waals surface area (Å²) in [5.74, 6) is -0.285. The maximum Gasteiger partial charge on any atom is 0.410 e. The smallest absolute Gasteiger partial charge is 0.410 e. The molecule has 1 aromatic rings. The van der Waals surface area contributed by atoms with Crippen LogP contribution in [0.2, 0.25) is 0 Å². The lowest BCUT2D eigenvalue weighted by Crippen LogP contribution is -2.54. The Morgan fingerprint density at radius 2 is 2.09 bits per heavy atom. The first-order chi connectivity index (χ1) is 10.7. The number of carbonyl (C=O) groups is 1. The second-order valence-electron chi connectivity index (χ2n) is 7.11. The SMILES string of the molecule is C[C@H]1CN(Cc2ccc(N)cc2F)CCN1C(=O)OC(C)(C)C. The Morgan fingerprint density at radius 3 is 2.65 bits per heavy atom. The molecule has 0 unspecified atom stereocenters. The van der Waals surface area contributed by atoms with E-state index in [1.807, 2.05) is 27.7 Å². The van der Waals surface area contributed by atoms with Gasteiger partial charge in [-0.2, -0.15) is 0 Å². The number of hydrogen-bond donors (Lipinski definition) is 1. The highest BCUT2D eigenvalue weighted by atomic mass is 19.1. The maximum absolute atomic E-state index is 13.9. The molecule has 1 amide bonds. The zero-order valence-corrected chi connectivity index (χ0v) is 14.3. The molecule has 1 aliphatic heterocycles. The lowest BCUT2D eigenvalue weighted by Gasteiger charge is -2.40. The molecule has 0 bridgehead atoms. The fourth-order valence-electron chi connectivity index (χ4n) is 2.70. The standard InChI is InChI=1S/C17H26FN3O2/c1-12-10-20(11-13-5-6-14(19)9-15(13)18)7-8-21(12)16(22)23-17(2,3)4/h5-6,9,12H,7-8,10-11,19H2,1-4H3/t12-/m0/s1. The molecule has 5 nitrogen and oxygen atoms in total. The fourth-order valence-corrected chi connectivity index (χ4v) is 2.70. The zero-order valence-electron chi connectivity index (χ0n) is 14.3. The molecule has 23 heavy (non-hydrogen) atoms. The van der Waals surface area contributed by atoms with Gasteiger partial charge in [-0.1, -0.05) is 6.07 Å². The van der Waals surface area contributed by atoms with Gasteiger partial charge in [-0.25, -0.2) is 9.18 Å². The number of benzene rings is 1. The Balaban J connectivity index is 1.94. The highest BCUT2D eigenvalue weighted by Crippen LogP contribution is 2.19. The van der Waals surface area contributed by atoms with E-state index in [-0.39, 0.29) is 18.0 Å².